The maximum atomic E-state index is 8.21. The van der Waals surface area contributed by atoms with Gasteiger partial charge in [-0.15, -0.1) is 0 Å². The van der Waals surface area contributed by atoms with Crippen molar-refractivity contribution in [2.24, 2.45) is 7.05 Å². The standard InChI is InChI=1S/C23H26N/c1-17-11-13-20(23(2,3)4)15-21(17)22-14-12-19(16-24(22)5)18-9-7-6-8-10-18/h6-16H,1-5H3/q+1/i6D,7D,8D,9D,10D. The summed E-state index contributed by atoms with van der Waals surface area (Å²) in [5.41, 5.74) is 5.37. The summed E-state index contributed by atoms with van der Waals surface area (Å²) in [6, 6.07) is 8.87. The Hall–Kier alpha value is -2.41. The highest BCUT2D eigenvalue weighted by atomic mass is 14.9. The average Bonchev–Trinajstić information content (AvgIpc) is 2.65. The fraction of sp³-hybridized carbons (Fsp3) is 0.261. The number of benzene rings is 2. The van der Waals surface area contributed by atoms with Crippen molar-refractivity contribution < 1.29 is 11.4 Å². The Morgan fingerprint density at radius 2 is 1.62 bits per heavy atom. The summed E-state index contributed by atoms with van der Waals surface area (Å²) in [6.45, 7) is 8.63. The van der Waals surface area contributed by atoms with Crippen molar-refractivity contribution in [3.8, 4) is 22.4 Å². The van der Waals surface area contributed by atoms with Crippen LogP contribution < -0.4 is 4.57 Å². The lowest BCUT2D eigenvalue weighted by molar-refractivity contribution is -0.659. The molecule has 0 aliphatic rings. The van der Waals surface area contributed by atoms with Crippen LogP contribution in [-0.2, 0) is 12.5 Å². The van der Waals surface area contributed by atoms with Crippen LogP contribution >= 0.6 is 0 Å². The molecule has 3 rings (SSSR count). The third kappa shape index (κ3) is 3.26. The van der Waals surface area contributed by atoms with Crippen LogP contribution in [0.25, 0.3) is 22.4 Å². The Morgan fingerprint density at radius 1 is 0.917 bits per heavy atom. The van der Waals surface area contributed by atoms with Crippen molar-refractivity contribution >= 4 is 0 Å². The molecule has 0 atom stereocenters. The van der Waals surface area contributed by atoms with Crippen molar-refractivity contribution in [1.29, 1.82) is 0 Å². The van der Waals surface area contributed by atoms with E-state index in [1.807, 2.05) is 29.9 Å². The van der Waals surface area contributed by atoms with Gasteiger partial charge in [0.15, 0.2) is 6.20 Å². The van der Waals surface area contributed by atoms with E-state index in [2.05, 4.69) is 45.9 Å². The van der Waals surface area contributed by atoms with Crippen molar-refractivity contribution in [2.45, 2.75) is 33.1 Å². The van der Waals surface area contributed by atoms with Crippen molar-refractivity contribution in [3.63, 3.8) is 0 Å². The van der Waals surface area contributed by atoms with Crippen LogP contribution in [0.15, 0.2) is 66.7 Å². The average molecular weight is 321 g/mol. The van der Waals surface area contributed by atoms with Crippen LogP contribution in [0.5, 0.6) is 0 Å². The summed E-state index contributed by atoms with van der Waals surface area (Å²) in [5, 5.41) is 0. The predicted octanol–water partition coefficient (Wildman–Crippen LogP) is 5.45. The van der Waals surface area contributed by atoms with Crippen molar-refractivity contribution in [3.05, 3.63) is 77.9 Å². The Morgan fingerprint density at radius 3 is 2.25 bits per heavy atom. The molecule has 0 bridgehead atoms. The van der Waals surface area contributed by atoms with E-state index in [0.29, 0.717) is 5.56 Å². The van der Waals surface area contributed by atoms with Gasteiger partial charge in [0.05, 0.1) is 6.85 Å². The van der Waals surface area contributed by atoms with Gasteiger partial charge in [-0.05, 0) is 41.2 Å². The lowest BCUT2D eigenvalue weighted by Gasteiger charge is -2.20. The van der Waals surface area contributed by atoms with Gasteiger partial charge in [-0.1, -0.05) is 63.1 Å². The third-order valence-corrected chi connectivity index (χ3v) is 4.30. The van der Waals surface area contributed by atoms with Gasteiger partial charge >= 0.3 is 0 Å². The minimum Gasteiger partial charge on any atom is -0.200 e. The molecule has 0 saturated heterocycles. The molecular weight excluding hydrogens is 290 g/mol. The normalized spacial score (nSPS) is 14.5. The number of pyridine rings is 1. The number of rotatable bonds is 2. The van der Waals surface area contributed by atoms with Gasteiger partial charge < -0.3 is 0 Å². The molecule has 3 aromatic rings. The van der Waals surface area contributed by atoms with Crippen LogP contribution in [0.1, 0.15) is 38.8 Å². The molecule has 0 N–H and O–H groups in total. The number of nitrogens with zero attached hydrogens (tertiary/aromatic N) is 1. The zero-order valence-corrected chi connectivity index (χ0v) is 14.9. The van der Waals surface area contributed by atoms with E-state index in [0.717, 1.165) is 16.8 Å². The molecule has 0 saturated carbocycles. The second-order valence-corrected chi connectivity index (χ2v) is 7.19. The highest BCUT2D eigenvalue weighted by Crippen LogP contribution is 2.29. The summed E-state index contributed by atoms with van der Waals surface area (Å²) in [6.07, 6.45) is 1.83. The van der Waals surface area contributed by atoms with Gasteiger partial charge in [-0.3, -0.25) is 0 Å². The first-order chi connectivity index (χ1) is 13.4. The van der Waals surface area contributed by atoms with Crippen LogP contribution in [-0.4, -0.2) is 0 Å². The highest BCUT2D eigenvalue weighted by Gasteiger charge is 2.19. The third-order valence-electron chi connectivity index (χ3n) is 4.30. The first-order valence-electron chi connectivity index (χ1n) is 10.6. The summed E-state index contributed by atoms with van der Waals surface area (Å²) in [5.74, 6) is 0. The van der Waals surface area contributed by atoms with E-state index in [-0.39, 0.29) is 41.2 Å². The van der Waals surface area contributed by atoms with Gasteiger partial charge in [-0.2, -0.15) is 0 Å². The lowest BCUT2D eigenvalue weighted by Crippen LogP contribution is -2.31. The summed E-state index contributed by atoms with van der Waals surface area (Å²) < 4.78 is 42.0. The fourth-order valence-electron chi connectivity index (χ4n) is 2.79. The summed E-state index contributed by atoms with van der Waals surface area (Å²) in [4.78, 5) is 0. The summed E-state index contributed by atoms with van der Waals surface area (Å²) in [7, 11) is 1.91. The SMILES string of the molecule is [2H]c1c([2H])c([2H])c(-c2ccc(-c3cc(C(C)(C)C)ccc3C)[n+](C)c2)c([2H])c1[2H]. The van der Waals surface area contributed by atoms with Gasteiger partial charge in [0.1, 0.15) is 7.05 Å². The molecule has 0 radical (unpaired) electrons. The van der Waals surface area contributed by atoms with Crippen LogP contribution in [0.4, 0.5) is 0 Å². The quantitative estimate of drug-likeness (QED) is 0.552. The van der Waals surface area contributed by atoms with Gasteiger partial charge in [0.25, 0.3) is 0 Å². The molecule has 0 aliphatic heterocycles. The summed E-state index contributed by atoms with van der Waals surface area (Å²) >= 11 is 0. The Balaban J connectivity index is 2.18. The molecule has 0 fully saturated rings. The number of hydrogen-bond donors (Lipinski definition) is 0. The first-order valence-corrected chi connectivity index (χ1v) is 8.12. The second kappa shape index (κ2) is 6.24. The molecule has 1 aromatic heterocycles. The molecule has 0 aliphatic carbocycles. The van der Waals surface area contributed by atoms with E-state index >= 15 is 0 Å². The topological polar surface area (TPSA) is 3.88 Å². The minimum atomic E-state index is -0.376. The van der Waals surface area contributed by atoms with Gasteiger partial charge in [0, 0.05) is 17.2 Å². The Kier molecular flexibility index (Phi) is 2.91. The lowest BCUT2D eigenvalue weighted by atomic mass is 9.85. The highest BCUT2D eigenvalue weighted by molar-refractivity contribution is 5.66. The maximum absolute atomic E-state index is 8.21. The van der Waals surface area contributed by atoms with Crippen LogP contribution in [0, 0.1) is 6.92 Å². The van der Waals surface area contributed by atoms with E-state index in [4.69, 9.17) is 6.85 Å². The molecule has 1 heteroatoms. The molecule has 24 heavy (non-hydrogen) atoms. The predicted molar refractivity (Wildman–Crippen MR) is 102 cm³/mol. The minimum absolute atomic E-state index is 0.0360. The zero-order chi connectivity index (χ0) is 21.7. The van der Waals surface area contributed by atoms with E-state index in [1.54, 1.807) is 0 Å². The monoisotopic (exact) mass is 321 g/mol. The Labute approximate surface area is 152 Å². The molecular formula is C23H26N+. The Bertz CT molecular complexity index is 1080. The van der Waals surface area contributed by atoms with E-state index in [9.17, 15) is 0 Å². The molecule has 122 valence electrons. The molecule has 1 heterocycles. The van der Waals surface area contributed by atoms with Crippen LogP contribution in [0.2, 0.25) is 0 Å². The van der Waals surface area contributed by atoms with E-state index < -0.39 is 0 Å². The number of hydrogen-bond acceptors (Lipinski definition) is 0. The van der Waals surface area contributed by atoms with Gasteiger partial charge in [-0.25, -0.2) is 4.57 Å². The molecule has 0 spiro atoms. The number of aryl methyl sites for hydroxylation is 2. The van der Waals surface area contributed by atoms with Crippen LogP contribution in [0.3, 0.4) is 0 Å². The van der Waals surface area contributed by atoms with Gasteiger partial charge in [0.2, 0.25) is 5.69 Å². The second-order valence-electron chi connectivity index (χ2n) is 7.19. The zero-order valence-electron chi connectivity index (χ0n) is 19.9. The smallest absolute Gasteiger partial charge is 0.200 e. The van der Waals surface area contributed by atoms with Crippen molar-refractivity contribution in [2.75, 3.05) is 0 Å². The van der Waals surface area contributed by atoms with E-state index in [1.165, 1.54) is 5.56 Å². The largest absolute Gasteiger partial charge is 0.212 e. The molecule has 2 aromatic carbocycles. The molecule has 1 nitrogen and oxygen atoms in total. The first kappa shape index (κ1) is 11.2. The molecule has 0 unspecified atom stereocenters. The fourth-order valence-corrected chi connectivity index (χ4v) is 2.79. The van der Waals surface area contributed by atoms with Crippen molar-refractivity contribution in [1.82, 2.24) is 0 Å². The number of aromatic nitrogens is 1. The maximum Gasteiger partial charge on any atom is 0.212 e. The molecule has 0 amide bonds.